The van der Waals surface area contributed by atoms with Gasteiger partial charge >= 0.3 is 0 Å². The summed E-state index contributed by atoms with van der Waals surface area (Å²) < 4.78 is 21.0. The molecule has 0 aliphatic heterocycles. The van der Waals surface area contributed by atoms with E-state index >= 15 is 0 Å². The van der Waals surface area contributed by atoms with E-state index in [-0.39, 0.29) is 24.9 Å². The second kappa shape index (κ2) is 30.7. The highest BCUT2D eigenvalue weighted by molar-refractivity contribution is 6.29. The molecule has 0 amide bonds. The van der Waals surface area contributed by atoms with Gasteiger partial charge in [-0.2, -0.15) is 19.9 Å². The smallest absolute Gasteiger partial charge is 0.225 e. The van der Waals surface area contributed by atoms with E-state index in [1.807, 2.05) is 242 Å². The Morgan fingerprint density at radius 3 is 0.871 bits per heavy atom. The third-order valence-electron chi connectivity index (χ3n) is 15.2. The van der Waals surface area contributed by atoms with Crippen LogP contribution >= 0.6 is 11.6 Å². The van der Waals surface area contributed by atoms with Crippen LogP contribution in [-0.4, -0.2) is 145 Å². The van der Waals surface area contributed by atoms with Gasteiger partial charge in [0.05, 0.1) is 62.7 Å². The summed E-state index contributed by atoms with van der Waals surface area (Å²) in [6, 6.07) is 62.5. The lowest BCUT2D eigenvalue weighted by molar-refractivity contribution is 0.196. The van der Waals surface area contributed by atoms with Crippen LogP contribution in [0.5, 0.6) is 23.0 Å². The van der Waals surface area contributed by atoms with Crippen molar-refractivity contribution in [2.24, 2.45) is 5.73 Å². The van der Waals surface area contributed by atoms with Gasteiger partial charge in [0, 0.05) is 98.7 Å². The number of aromatic nitrogens is 8. The van der Waals surface area contributed by atoms with Gasteiger partial charge in [0.15, 0.2) is 0 Å². The largest absolute Gasteiger partial charge is 0.497 e. The zero-order valence-corrected chi connectivity index (χ0v) is 53.6. The van der Waals surface area contributed by atoms with Gasteiger partial charge in [-0.15, -0.1) is 0 Å². The summed E-state index contributed by atoms with van der Waals surface area (Å²) >= 11 is 6.03. The van der Waals surface area contributed by atoms with Crippen molar-refractivity contribution in [2.45, 2.75) is 12.2 Å². The molecule has 476 valence electrons. The highest BCUT2D eigenvalue weighted by Crippen LogP contribution is 2.35. The Balaban J connectivity index is 0.000000169. The number of nitrogens with zero attached hydrogens (tertiary/aromatic N) is 12. The van der Waals surface area contributed by atoms with Crippen molar-refractivity contribution in [3.8, 4) is 23.0 Å². The van der Waals surface area contributed by atoms with Crippen molar-refractivity contribution >= 4 is 119 Å². The quantitative estimate of drug-likeness (QED) is 0.0345. The molecule has 93 heavy (non-hydrogen) atoms. The standard InChI is InChI=1S/C35H36N8O3.C19H23N5O2.C16H14ClN3O/c1-42(23-13-17-26(45-3)18-14-23)32-28-9-5-7-11-30(28)38-34(40-32)36-21-25(44)22-37-35-39-31-12-8-6-10-29(31)33(41-35)43(2)24-15-19-27(46-4)20-16-24;1-24(13-7-9-15(26-2)10-8-13)18-16-5-3-4-6-17(16)22-19(23-18)21-12-14(25)11-20;1-20(11-7-9-12(21-2)10-8-11)15-13-5-3-4-6-14(13)18-16(17)19-15/h5-20,25,44H,21-22H2,1-4H3,(H,36,38,40)(H,37,39,41);3-10,14,25H,11-12,20H2,1-2H3,(H,21,22,23);3-10H,1-2H3. The fourth-order valence-electron chi connectivity index (χ4n) is 9.97. The van der Waals surface area contributed by atoms with Crippen LogP contribution < -0.4 is 60.2 Å². The minimum absolute atomic E-state index is 0.180. The first-order valence-corrected chi connectivity index (χ1v) is 30.1. The van der Waals surface area contributed by atoms with Gasteiger partial charge in [-0.05, 0) is 157 Å². The first kappa shape index (κ1) is 65.1. The second-order valence-electron chi connectivity index (χ2n) is 21.2. The lowest BCUT2D eigenvalue weighted by Crippen LogP contribution is -2.29. The number of fused-ring (bicyclic) bond motifs is 4. The van der Waals surface area contributed by atoms with Gasteiger partial charge in [0.2, 0.25) is 23.1 Å². The molecule has 0 fully saturated rings. The molecular weight excluding hydrogens is 1200 g/mol. The molecule has 0 spiro atoms. The maximum Gasteiger partial charge on any atom is 0.225 e. The SMILES string of the molecule is COc1ccc(N(C)c2nc(Cl)nc3ccccc23)cc1.COc1ccc(N(C)c2nc(NCC(O)CN)nc3ccccc23)cc1.COc1ccc(N(C)c2nc(NCC(O)CNc3nc(N(C)c4ccc(OC)cc4)c4ccccc4n3)nc3ccccc23)cc1. The average molecular weight is 1270 g/mol. The first-order chi connectivity index (χ1) is 45.2. The number of nitrogens with one attached hydrogen (secondary N) is 3. The number of aliphatic hydroxyl groups is 2. The van der Waals surface area contributed by atoms with Gasteiger partial charge in [0.25, 0.3) is 0 Å². The Morgan fingerprint density at radius 1 is 0.355 bits per heavy atom. The summed E-state index contributed by atoms with van der Waals surface area (Å²) in [6.07, 6.45) is -1.43. The van der Waals surface area contributed by atoms with E-state index in [9.17, 15) is 10.2 Å². The monoisotopic (exact) mass is 1270 g/mol. The molecule has 0 aliphatic rings. The third-order valence-corrected chi connectivity index (χ3v) is 15.3. The summed E-state index contributed by atoms with van der Waals surface area (Å²) in [5.74, 6) is 7.48. The van der Waals surface area contributed by atoms with Gasteiger partial charge in [-0.1, -0.05) is 48.5 Å². The van der Waals surface area contributed by atoms with Crippen molar-refractivity contribution < 1.29 is 29.2 Å². The minimum Gasteiger partial charge on any atom is -0.497 e. The lowest BCUT2D eigenvalue weighted by atomic mass is 10.2. The van der Waals surface area contributed by atoms with Gasteiger partial charge in [0.1, 0.15) is 46.3 Å². The number of hydrogen-bond donors (Lipinski definition) is 6. The summed E-state index contributed by atoms with van der Waals surface area (Å²) in [5, 5.41) is 34.0. The average Bonchev–Trinajstić information content (AvgIpc) is 0.986. The fraction of sp³-hybridized carbons (Fsp3) is 0.200. The summed E-state index contributed by atoms with van der Waals surface area (Å²) in [4.78, 5) is 44.8. The Morgan fingerprint density at radius 2 is 0.602 bits per heavy atom. The number of anilines is 11. The predicted octanol–water partition coefficient (Wildman–Crippen LogP) is 12.2. The fourth-order valence-corrected chi connectivity index (χ4v) is 10.1. The Labute approximate surface area is 544 Å². The molecule has 0 bridgehead atoms. The highest BCUT2D eigenvalue weighted by atomic mass is 35.5. The number of methoxy groups -OCH3 is 4. The second-order valence-corrected chi connectivity index (χ2v) is 21.5. The topological polar surface area (TPSA) is 256 Å². The molecule has 12 rings (SSSR count). The molecule has 0 radical (unpaired) electrons. The molecule has 7 N–H and O–H groups in total. The molecule has 12 aromatic rings. The molecule has 0 aliphatic carbocycles. The molecule has 0 saturated carbocycles. The summed E-state index contributed by atoms with van der Waals surface area (Å²) in [6.45, 7) is 0.895. The van der Waals surface area contributed by atoms with Crippen molar-refractivity contribution in [1.29, 1.82) is 0 Å². The van der Waals surface area contributed by atoms with Crippen LogP contribution in [0.2, 0.25) is 5.28 Å². The Kier molecular flexibility index (Phi) is 21.5. The molecule has 8 aromatic carbocycles. The number of halogens is 1. The molecule has 4 heterocycles. The molecule has 0 saturated heterocycles. The lowest BCUT2D eigenvalue weighted by Gasteiger charge is -2.22. The number of hydrogen-bond acceptors (Lipinski definition) is 22. The molecule has 4 aromatic heterocycles. The van der Waals surface area contributed by atoms with Gasteiger partial charge in [-0.25, -0.2) is 19.9 Å². The number of ether oxygens (including phenoxy) is 4. The van der Waals surface area contributed by atoms with Crippen LogP contribution in [0.4, 0.5) is 63.9 Å². The minimum atomic E-state index is -0.782. The summed E-state index contributed by atoms with van der Waals surface area (Å²) in [5.41, 5.74) is 12.6. The van der Waals surface area contributed by atoms with Crippen molar-refractivity contribution in [2.75, 3.05) is 118 Å². The van der Waals surface area contributed by atoms with Crippen molar-refractivity contribution in [3.05, 3.63) is 199 Å². The van der Waals surface area contributed by atoms with E-state index in [4.69, 9.17) is 56.2 Å². The first-order valence-electron chi connectivity index (χ1n) is 29.8. The number of nitrogens with two attached hydrogens (primary N) is 1. The third kappa shape index (κ3) is 16.0. The number of benzene rings is 8. The number of para-hydroxylation sites is 4. The van der Waals surface area contributed by atoms with E-state index in [0.29, 0.717) is 24.4 Å². The van der Waals surface area contributed by atoms with E-state index in [0.717, 1.165) is 113 Å². The molecule has 1 unspecified atom stereocenters. The van der Waals surface area contributed by atoms with Crippen LogP contribution in [0.1, 0.15) is 0 Å². The molecule has 1 atom stereocenters. The number of rotatable bonds is 22. The van der Waals surface area contributed by atoms with Crippen molar-refractivity contribution in [3.63, 3.8) is 0 Å². The van der Waals surface area contributed by atoms with Crippen LogP contribution in [-0.2, 0) is 0 Å². The zero-order valence-electron chi connectivity index (χ0n) is 52.8. The van der Waals surface area contributed by atoms with Crippen LogP contribution in [0.3, 0.4) is 0 Å². The number of aliphatic hydroxyl groups excluding tert-OH is 2. The van der Waals surface area contributed by atoms with Crippen LogP contribution in [0.25, 0.3) is 43.6 Å². The van der Waals surface area contributed by atoms with Crippen molar-refractivity contribution in [1.82, 2.24) is 39.9 Å². The Hall–Kier alpha value is -10.9. The molecule has 23 heteroatoms. The van der Waals surface area contributed by atoms with Crippen LogP contribution in [0.15, 0.2) is 194 Å². The zero-order chi connectivity index (χ0) is 65.4. The Bertz CT molecular complexity index is 4290. The van der Waals surface area contributed by atoms with Gasteiger partial charge in [-0.3, -0.25) is 0 Å². The maximum absolute atomic E-state index is 10.9. The molecule has 22 nitrogen and oxygen atoms in total. The molecular formula is C70H73ClN16O6. The predicted molar refractivity (Wildman–Crippen MR) is 374 cm³/mol. The van der Waals surface area contributed by atoms with E-state index < -0.39 is 12.2 Å². The van der Waals surface area contributed by atoms with E-state index in [2.05, 4.69) is 35.9 Å². The summed E-state index contributed by atoms with van der Waals surface area (Å²) in [7, 11) is 14.4. The maximum atomic E-state index is 10.9. The normalized spacial score (nSPS) is 11.2. The van der Waals surface area contributed by atoms with E-state index in [1.54, 1.807) is 28.4 Å². The highest BCUT2D eigenvalue weighted by Gasteiger charge is 2.19. The van der Waals surface area contributed by atoms with Crippen LogP contribution in [0, 0.1) is 0 Å². The van der Waals surface area contributed by atoms with E-state index in [1.165, 1.54) is 0 Å². The van der Waals surface area contributed by atoms with Gasteiger partial charge < -0.3 is 70.4 Å².